The van der Waals surface area contributed by atoms with E-state index in [0.717, 1.165) is 0 Å². The van der Waals surface area contributed by atoms with E-state index in [2.05, 4.69) is 10.3 Å². The largest absolute Gasteiger partial charge is 0.397 e. The lowest BCUT2D eigenvalue weighted by atomic mass is 10.2. The molecule has 90 valence electrons. The van der Waals surface area contributed by atoms with Crippen LogP contribution in [-0.2, 0) is 0 Å². The molecule has 2 rings (SSSR count). The molecule has 1 aromatic carbocycles. The summed E-state index contributed by atoms with van der Waals surface area (Å²) < 4.78 is 0. The van der Waals surface area contributed by atoms with Crippen molar-refractivity contribution in [3.05, 3.63) is 46.1 Å². The number of benzene rings is 1. The Bertz CT molecular complexity index is 634. The molecule has 0 fully saturated rings. The van der Waals surface area contributed by atoms with Gasteiger partial charge in [0.2, 0.25) is 0 Å². The second kappa shape index (κ2) is 5.13. The van der Waals surface area contributed by atoms with Crippen LogP contribution in [0.5, 0.6) is 0 Å². The molecule has 0 spiro atoms. The number of hydrogen-bond acceptors (Lipinski definition) is 4. The molecule has 0 aliphatic rings. The molecule has 4 nitrogen and oxygen atoms in total. The van der Waals surface area contributed by atoms with Crippen LogP contribution in [0.1, 0.15) is 5.56 Å². The van der Waals surface area contributed by atoms with Crippen molar-refractivity contribution in [1.82, 2.24) is 4.98 Å². The molecular formula is C12H8Cl2N4. The zero-order chi connectivity index (χ0) is 13.1. The highest BCUT2D eigenvalue weighted by atomic mass is 35.5. The molecule has 0 radical (unpaired) electrons. The van der Waals surface area contributed by atoms with Crippen molar-refractivity contribution in [3.63, 3.8) is 0 Å². The number of aromatic nitrogens is 1. The van der Waals surface area contributed by atoms with Gasteiger partial charge in [0.1, 0.15) is 5.82 Å². The van der Waals surface area contributed by atoms with Crippen molar-refractivity contribution >= 4 is 40.4 Å². The molecule has 0 unspecified atom stereocenters. The molecule has 0 aliphatic heterocycles. The summed E-state index contributed by atoms with van der Waals surface area (Å²) in [6.07, 6.45) is 1.49. The van der Waals surface area contributed by atoms with Crippen molar-refractivity contribution in [2.75, 3.05) is 11.1 Å². The van der Waals surface area contributed by atoms with Crippen LogP contribution in [0, 0.1) is 11.3 Å². The molecule has 3 N–H and O–H groups in total. The third-order valence-corrected chi connectivity index (χ3v) is 2.81. The van der Waals surface area contributed by atoms with E-state index in [4.69, 9.17) is 34.2 Å². The first-order valence-corrected chi connectivity index (χ1v) is 5.73. The zero-order valence-corrected chi connectivity index (χ0v) is 10.6. The maximum atomic E-state index is 8.74. The van der Waals surface area contributed by atoms with Gasteiger partial charge >= 0.3 is 0 Å². The van der Waals surface area contributed by atoms with Crippen molar-refractivity contribution < 1.29 is 0 Å². The number of nitrogens with two attached hydrogens (primary N) is 1. The summed E-state index contributed by atoms with van der Waals surface area (Å²) in [5.74, 6) is 0.456. The van der Waals surface area contributed by atoms with Crippen molar-refractivity contribution in [2.24, 2.45) is 0 Å². The lowest BCUT2D eigenvalue weighted by Crippen LogP contribution is -1.97. The fourth-order valence-corrected chi connectivity index (χ4v) is 1.81. The van der Waals surface area contributed by atoms with E-state index >= 15 is 0 Å². The van der Waals surface area contributed by atoms with E-state index < -0.39 is 0 Å². The molecule has 0 saturated heterocycles. The molecule has 6 heteroatoms. The Morgan fingerprint density at radius 2 is 2.00 bits per heavy atom. The van der Waals surface area contributed by atoms with Gasteiger partial charge in [0.15, 0.2) is 0 Å². The maximum Gasteiger partial charge on any atom is 0.149 e. The van der Waals surface area contributed by atoms with Gasteiger partial charge in [-0.15, -0.1) is 0 Å². The van der Waals surface area contributed by atoms with Crippen LogP contribution >= 0.6 is 23.2 Å². The van der Waals surface area contributed by atoms with Gasteiger partial charge in [-0.05, 0) is 24.3 Å². The molecule has 1 aromatic heterocycles. The second-order valence-electron chi connectivity index (χ2n) is 3.53. The average Bonchev–Trinajstić information content (AvgIpc) is 2.34. The number of rotatable bonds is 2. The molecule has 0 saturated carbocycles. The summed E-state index contributed by atoms with van der Waals surface area (Å²) in [7, 11) is 0. The van der Waals surface area contributed by atoms with Gasteiger partial charge in [0, 0.05) is 0 Å². The zero-order valence-electron chi connectivity index (χ0n) is 9.11. The molecule has 0 bridgehead atoms. The number of pyridine rings is 1. The molecule has 1 heterocycles. The average molecular weight is 279 g/mol. The highest BCUT2D eigenvalue weighted by Gasteiger charge is 2.06. The van der Waals surface area contributed by atoms with Crippen LogP contribution in [0.25, 0.3) is 0 Å². The Labute approximate surface area is 114 Å². The van der Waals surface area contributed by atoms with E-state index in [1.54, 1.807) is 24.3 Å². The molecular weight excluding hydrogens is 271 g/mol. The van der Waals surface area contributed by atoms with E-state index in [0.29, 0.717) is 32.8 Å². The number of hydrogen-bond donors (Lipinski definition) is 2. The topological polar surface area (TPSA) is 74.7 Å². The standard InChI is InChI=1S/C12H8Cl2N4/c13-9-3-7(5-15)1-2-11(9)18-12-10(14)4-8(16)6-17-12/h1-4,6H,16H2,(H,17,18). The Balaban J connectivity index is 2.32. The highest BCUT2D eigenvalue weighted by Crippen LogP contribution is 2.29. The normalized spacial score (nSPS) is 9.83. The lowest BCUT2D eigenvalue weighted by Gasteiger charge is -2.09. The Morgan fingerprint density at radius 3 is 2.61 bits per heavy atom. The Hall–Kier alpha value is -1.96. The van der Waals surface area contributed by atoms with Crippen LogP contribution in [0.15, 0.2) is 30.5 Å². The van der Waals surface area contributed by atoms with Crippen LogP contribution in [0.3, 0.4) is 0 Å². The molecule has 0 atom stereocenters. The molecule has 0 amide bonds. The van der Waals surface area contributed by atoms with Crippen LogP contribution in [-0.4, -0.2) is 4.98 Å². The van der Waals surface area contributed by atoms with Crippen LogP contribution in [0.2, 0.25) is 10.0 Å². The van der Waals surface area contributed by atoms with Crippen molar-refractivity contribution in [1.29, 1.82) is 5.26 Å². The number of nitrogen functional groups attached to an aromatic ring is 1. The van der Waals surface area contributed by atoms with Gasteiger partial charge in [-0.2, -0.15) is 5.26 Å². The summed E-state index contributed by atoms with van der Waals surface area (Å²) in [5.41, 5.74) is 7.14. The van der Waals surface area contributed by atoms with E-state index in [1.165, 1.54) is 6.20 Å². The predicted octanol–water partition coefficient (Wildman–Crippen LogP) is 3.59. The van der Waals surface area contributed by atoms with Gasteiger partial charge in [-0.3, -0.25) is 0 Å². The first kappa shape index (κ1) is 12.5. The predicted molar refractivity (Wildman–Crippen MR) is 73.1 cm³/mol. The van der Waals surface area contributed by atoms with Gasteiger partial charge in [0.05, 0.1) is 39.2 Å². The van der Waals surface area contributed by atoms with Crippen LogP contribution < -0.4 is 11.1 Å². The SMILES string of the molecule is N#Cc1ccc(Nc2ncc(N)cc2Cl)c(Cl)c1. The third-order valence-electron chi connectivity index (χ3n) is 2.21. The summed E-state index contributed by atoms with van der Waals surface area (Å²) in [6, 6.07) is 8.51. The molecule has 2 aromatic rings. The second-order valence-corrected chi connectivity index (χ2v) is 4.34. The fraction of sp³-hybridized carbons (Fsp3) is 0. The van der Waals surface area contributed by atoms with Gasteiger partial charge in [-0.1, -0.05) is 23.2 Å². The Kier molecular flexibility index (Phi) is 3.56. The monoisotopic (exact) mass is 278 g/mol. The number of halogens is 2. The third kappa shape index (κ3) is 2.65. The minimum absolute atomic E-state index is 0.399. The van der Waals surface area contributed by atoms with E-state index in [-0.39, 0.29) is 0 Å². The fourth-order valence-electron chi connectivity index (χ4n) is 1.36. The summed E-state index contributed by atoms with van der Waals surface area (Å²) in [5, 5.41) is 12.5. The first-order chi connectivity index (χ1) is 8.60. The Morgan fingerprint density at radius 1 is 1.22 bits per heavy atom. The highest BCUT2D eigenvalue weighted by molar-refractivity contribution is 6.34. The van der Waals surface area contributed by atoms with Crippen LogP contribution in [0.4, 0.5) is 17.2 Å². The maximum absolute atomic E-state index is 8.74. The van der Waals surface area contributed by atoms with Gasteiger partial charge in [0.25, 0.3) is 0 Å². The quantitative estimate of drug-likeness (QED) is 0.880. The number of nitrogens with one attached hydrogen (secondary N) is 1. The minimum atomic E-state index is 0.399. The van der Waals surface area contributed by atoms with Crippen molar-refractivity contribution in [2.45, 2.75) is 0 Å². The smallest absolute Gasteiger partial charge is 0.149 e. The van der Waals surface area contributed by atoms with E-state index in [1.807, 2.05) is 6.07 Å². The van der Waals surface area contributed by atoms with Gasteiger partial charge in [-0.25, -0.2) is 4.98 Å². The lowest BCUT2D eigenvalue weighted by molar-refractivity contribution is 1.31. The molecule has 0 aliphatic carbocycles. The van der Waals surface area contributed by atoms with Gasteiger partial charge < -0.3 is 11.1 Å². The minimum Gasteiger partial charge on any atom is -0.397 e. The summed E-state index contributed by atoms with van der Waals surface area (Å²) >= 11 is 12.0. The van der Waals surface area contributed by atoms with Crippen molar-refractivity contribution in [3.8, 4) is 6.07 Å². The first-order valence-electron chi connectivity index (χ1n) is 4.98. The summed E-state index contributed by atoms with van der Waals surface area (Å²) in [6.45, 7) is 0. The number of nitrogens with zero attached hydrogens (tertiary/aromatic N) is 2. The number of anilines is 3. The number of nitriles is 1. The molecule has 18 heavy (non-hydrogen) atoms. The van der Waals surface area contributed by atoms with E-state index in [9.17, 15) is 0 Å². The summed E-state index contributed by atoms with van der Waals surface area (Å²) in [4.78, 5) is 4.07.